The Bertz CT molecular complexity index is 457. The number of esters is 1. The molecule has 1 fully saturated rings. The van der Waals surface area contributed by atoms with Gasteiger partial charge in [0.05, 0.1) is 13.2 Å². The van der Waals surface area contributed by atoms with E-state index in [-0.39, 0.29) is 12.0 Å². The summed E-state index contributed by atoms with van der Waals surface area (Å²) in [6.45, 7) is 5.80. The maximum absolute atomic E-state index is 12.2. The van der Waals surface area contributed by atoms with Gasteiger partial charge >= 0.3 is 5.97 Å². The van der Waals surface area contributed by atoms with E-state index in [0.29, 0.717) is 17.5 Å². The molecule has 0 saturated carbocycles. The number of carbonyl (C=O) groups is 1. The lowest BCUT2D eigenvalue weighted by Gasteiger charge is -2.25. The van der Waals surface area contributed by atoms with Crippen molar-refractivity contribution in [1.82, 2.24) is 5.32 Å². The molecule has 0 unspecified atom stereocenters. The van der Waals surface area contributed by atoms with Crippen LogP contribution in [-0.2, 0) is 14.3 Å². The van der Waals surface area contributed by atoms with Crippen LogP contribution in [0.2, 0.25) is 5.02 Å². The molecule has 0 amide bonds. The lowest BCUT2D eigenvalue weighted by atomic mass is 9.98. The van der Waals surface area contributed by atoms with Crippen molar-refractivity contribution in [3.63, 3.8) is 0 Å². The summed E-state index contributed by atoms with van der Waals surface area (Å²) in [7, 11) is 0. The van der Waals surface area contributed by atoms with Gasteiger partial charge in [0.2, 0.25) is 0 Å². The second kappa shape index (κ2) is 7.78. The summed E-state index contributed by atoms with van der Waals surface area (Å²) in [4.78, 5) is 12.2. The van der Waals surface area contributed by atoms with Gasteiger partial charge in [0, 0.05) is 17.7 Å². The van der Waals surface area contributed by atoms with E-state index >= 15 is 0 Å². The topological polar surface area (TPSA) is 47.6 Å². The maximum Gasteiger partial charge on any atom is 0.327 e. The monoisotopic (exact) mass is 311 g/mol. The van der Waals surface area contributed by atoms with Gasteiger partial charge in [-0.2, -0.15) is 0 Å². The van der Waals surface area contributed by atoms with Gasteiger partial charge in [0.1, 0.15) is 6.04 Å². The van der Waals surface area contributed by atoms with E-state index in [1.165, 1.54) is 0 Å². The third kappa shape index (κ3) is 4.43. The lowest BCUT2D eigenvalue weighted by molar-refractivity contribution is -0.146. The molecule has 5 heteroatoms. The van der Waals surface area contributed by atoms with Crippen LogP contribution in [0.4, 0.5) is 0 Å². The first-order valence-corrected chi connectivity index (χ1v) is 7.75. The maximum atomic E-state index is 12.2. The highest BCUT2D eigenvalue weighted by atomic mass is 35.5. The lowest BCUT2D eigenvalue weighted by Crippen LogP contribution is -2.40. The van der Waals surface area contributed by atoms with Gasteiger partial charge in [-0.1, -0.05) is 23.7 Å². The van der Waals surface area contributed by atoms with Crippen molar-refractivity contribution >= 4 is 17.6 Å². The number of hydrogen-bond acceptors (Lipinski definition) is 4. The molecule has 0 radical (unpaired) electrons. The normalized spacial score (nSPS) is 21.0. The number of rotatable bonds is 6. The molecule has 3 atom stereocenters. The largest absolute Gasteiger partial charge is 0.465 e. The van der Waals surface area contributed by atoms with Crippen LogP contribution in [0.25, 0.3) is 0 Å². The van der Waals surface area contributed by atoms with Gasteiger partial charge in [-0.15, -0.1) is 0 Å². The number of ether oxygens (including phenoxy) is 2. The number of carbonyl (C=O) groups excluding carboxylic acids is 1. The zero-order valence-electron chi connectivity index (χ0n) is 12.5. The molecule has 4 nitrogen and oxygen atoms in total. The summed E-state index contributed by atoms with van der Waals surface area (Å²) >= 11 is 5.91. The Balaban J connectivity index is 2.11. The molecule has 0 aromatic heterocycles. The number of halogens is 1. The molecular weight excluding hydrogens is 290 g/mol. The van der Waals surface area contributed by atoms with E-state index < -0.39 is 6.04 Å². The Hall–Kier alpha value is -1.10. The van der Waals surface area contributed by atoms with Crippen LogP contribution < -0.4 is 5.32 Å². The second-order valence-corrected chi connectivity index (χ2v) is 5.75. The predicted octanol–water partition coefficient (Wildman–Crippen LogP) is 2.96. The van der Waals surface area contributed by atoms with Gasteiger partial charge in [-0.05, 0) is 43.9 Å². The van der Waals surface area contributed by atoms with Crippen molar-refractivity contribution in [2.75, 3.05) is 19.8 Å². The van der Waals surface area contributed by atoms with Crippen molar-refractivity contribution in [1.29, 1.82) is 0 Å². The smallest absolute Gasteiger partial charge is 0.327 e. The number of benzene rings is 1. The third-order valence-electron chi connectivity index (χ3n) is 3.83. The SMILES string of the molecule is CCOC(=O)[C@H](N[C@@H](C)[C@H]1CCOC1)c1ccc(Cl)cc1. The van der Waals surface area contributed by atoms with E-state index in [1.807, 2.05) is 19.1 Å². The molecule has 1 aliphatic rings. The molecule has 0 aliphatic carbocycles. The van der Waals surface area contributed by atoms with Crippen molar-refractivity contribution < 1.29 is 14.3 Å². The Labute approximate surface area is 130 Å². The molecule has 1 aromatic rings. The van der Waals surface area contributed by atoms with Gasteiger partial charge in [0.15, 0.2) is 0 Å². The zero-order valence-corrected chi connectivity index (χ0v) is 13.2. The van der Waals surface area contributed by atoms with Gasteiger partial charge in [-0.3, -0.25) is 5.32 Å². The van der Waals surface area contributed by atoms with Crippen molar-refractivity contribution in [3.05, 3.63) is 34.9 Å². The highest BCUT2D eigenvalue weighted by molar-refractivity contribution is 6.30. The highest BCUT2D eigenvalue weighted by Crippen LogP contribution is 2.22. The minimum absolute atomic E-state index is 0.178. The van der Waals surface area contributed by atoms with Crippen molar-refractivity contribution in [2.24, 2.45) is 5.92 Å². The standard InChI is InChI=1S/C16H22ClNO3/c1-3-21-16(19)15(12-4-6-14(17)7-5-12)18-11(2)13-8-9-20-10-13/h4-7,11,13,15,18H,3,8-10H2,1-2H3/t11-,13-,15+/m0/s1. The van der Waals surface area contributed by atoms with Crippen LogP contribution in [0, 0.1) is 5.92 Å². The third-order valence-corrected chi connectivity index (χ3v) is 4.08. The molecular formula is C16H22ClNO3. The van der Waals surface area contributed by atoms with Crippen LogP contribution >= 0.6 is 11.6 Å². The number of nitrogens with one attached hydrogen (secondary N) is 1. The van der Waals surface area contributed by atoms with Crippen LogP contribution in [0.3, 0.4) is 0 Å². The molecule has 1 aromatic carbocycles. The van der Waals surface area contributed by atoms with Gasteiger partial charge < -0.3 is 9.47 Å². The fourth-order valence-corrected chi connectivity index (χ4v) is 2.65. The van der Waals surface area contributed by atoms with E-state index in [4.69, 9.17) is 21.1 Å². The Morgan fingerprint density at radius 1 is 1.48 bits per heavy atom. The second-order valence-electron chi connectivity index (χ2n) is 5.32. The minimum atomic E-state index is -0.474. The summed E-state index contributed by atoms with van der Waals surface area (Å²) < 4.78 is 10.6. The Kier molecular flexibility index (Phi) is 6.03. The molecule has 116 valence electrons. The first-order valence-electron chi connectivity index (χ1n) is 7.37. The van der Waals surface area contributed by atoms with Crippen molar-refractivity contribution in [3.8, 4) is 0 Å². The van der Waals surface area contributed by atoms with E-state index in [1.54, 1.807) is 12.1 Å². The van der Waals surface area contributed by atoms with Crippen LogP contribution in [0.5, 0.6) is 0 Å². The Morgan fingerprint density at radius 3 is 2.76 bits per heavy atom. The van der Waals surface area contributed by atoms with E-state index in [0.717, 1.165) is 25.2 Å². The number of hydrogen-bond donors (Lipinski definition) is 1. The minimum Gasteiger partial charge on any atom is -0.465 e. The summed E-state index contributed by atoms with van der Waals surface area (Å²) in [5.41, 5.74) is 0.864. The average molecular weight is 312 g/mol. The van der Waals surface area contributed by atoms with Gasteiger partial charge in [0.25, 0.3) is 0 Å². The molecule has 1 heterocycles. The van der Waals surface area contributed by atoms with Crippen molar-refractivity contribution in [2.45, 2.75) is 32.4 Å². The zero-order chi connectivity index (χ0) is 15.2. The molecule has 2 rings (SSSR count). The van der Waals surface area contributed by atoms with Crippen LogP contribution in [-0.4, -0.2) is 31.8 Å². The molecule has 1 aliphatic heterocycles. The molecule has 0 spiro atoms. The van der Waals surface area contributed by atoms with E-state index in [2.05, 4.69) is 12.2 Å². The fourth-order valence-electron chi connectivity index (χ4n) is 2.53. The highest BCUT2D eigenvalue weighted by Gasteiger charge is 2.28. The summed E-state index contributed by atoms with van der Waals surface area (Å²) in [5.74, 6) is 0.166. The molecule has 1 N–H and O–H groups in total. The van der Waals surface area contributed by atoms with Gasteiger partial charge in [-0.25, -0.2) is 4.79 Å². The summed E-state index contributed by atoms with van der Waals surface area (Å²) in [6, 6.07) is 6.99. The van der Waals surface area contributed by atoms with E-state index in [9.17, 15) is 4.79 Å². The predicted molar refractivity (Wildman–Crippen MR) is 82.3 cm³/mol. The quantitative estimate of drug-likeness (QED) is 0.821. The van der Waals surface area contributed by atoms with Crippen LogP contribution in [0.15, 0.2) is 24.3 Å². The summed E-state index contributed by atoms with van der Waals surface area (Å²) in [5, 5.41) is 4.03. The molecule has 0 bridgehead atoms. The first-order chi connectivity index (χ1) is 10.1. The Morgan fingerprint density at radius 2 is 2.19 bits per heavy atom. The fraction of sp³-hybridized carbons (Fsp3) is 0.562. The first kappa shape index (κ1) is 16.3. The average Bonchev–Trinajstić information content (AvgIpc) is 3.00. The summed E-state index contributed by atoms with van der Waals surface area (Å²) in [6.07, 6.45) is 1.02. The molecule has 21 heavy (non-hydrogen) atoms. The molecule has 1 saturated heterocycles. The van der Waals surface area contributed by atoms with Crippen LogP contribution in [0.1, 0.15) is 31.9 Å².